The van der Waals surface area contributed by atoms with Gasteiger partial charge in [0.15, 0.2) is 11.5 Å². The molecule has 29 heavy (non-hydrogen) atoms. The summed E-state index contributed by atoms with van der Waals surface area (Å²) in [5.74, 6) is 2.76. The van der Waals surface area contributed by atoms with Crippen molar-refractivity contribution in [3.8, 4) is 23.1 Å². The normalized spacial score (nSPS) is 10.5. The number of rotatable bonds is 8. The molecule has 1 heterocycles. The van der Waals surface area contributed by atoms with Crippen LogP contribution in [0.15, 0.2) is 47.1 Å². The van der Waals surface area contributed by atoms with Crippen LogP contribution < -0.4 is 19.5 Å². The molecule has 1 N–H and O–H groups in total. The predicted octanol–water partition coefficient (Wildman–Crippen LogP) is 5.25. The molecule has 0 radical (unpaired) electrons. The largest absolute Gasteiger partial charge is 0.493 e. The van der Waals surface area contributed by atoms with Crippen molar-refractivity contribution in [2.24, 2.45) is 0 Å². The van der Waals surface area contributed by atoms with Gasteiger partial charge in [0, 0.05) is 24.4 Å². The van der Waals surface area contributed by atoms with Gasteiger partial charge in [0.25, 0.3) is 0 Å². The number of para-hydroxylation sites is 1. The lowest BCUT2D eigenvalue weighted by atomic mass is 10.2. The van der Waals surface area contributed by atoms with E-state index in [1.54, 1.807) is 27.5 Å². The molecule has 8 heteroatoms. The topological polar surface area (TPSA) is 74.7 Å². The standard InChI is InChI=1S/C21H22BrN3O4/c1-13-9-15(10-18(27-3)19(13)28-4)24-21-23-11-16(22)20(25-21)29-17-8-6-5-7-14(17)12-26-2/h5-11H,12H2,1-4H3,(H,23,24,25). The Morgan fingerprint density at radius 1 is 1.03 bits per heavy atom. The second kappa shape index (κ2) is 9.58. The SMILES string of the molecule is COCc1ccccc1Oc1nc(Nc2cc(C)c(OC)c(OC)c2)ncc1Br. The Labute approximate surface area is 178 Å². The van der Waals surface area contributed by atoms with Gasteiger partial charge in [-0.25, -0.2) is 4.98 Å². The summed E-state index contributed by atoms with van der Waals surface area (Å²) in [4.78, 5) is 8.80. The van der Waals surface area contributed by atoms with Crippen molar-refractivity contribution >= 4 is 27.6 Å². The fourth-order valence-electron chi connectivity index (χ4n) is 2.82. The molecule has 3 rings (SSSR count). The van der Waals surface area contributed by atoms with E-state index in [9.17, 15) is 0 Å². The monoisotopic (exact) mass is 459 g/mol. The first-order valence-electron chi connectivity index (χ1n) is 8.82. The van der Waals surface area contributed by atoms with Crippen molar-refractivity contribution in [2.45, 2.75) is 13.5 Å². The Morgan fingerprint density at radius 3 is 2.55 bits per heavy atom. The van der Waals surface area contributed by atoms with Crippen molar-refractivity contribution < 1.29 is 18.9 Å². The summed E-state index contributed by atoms with van der Waals surface area (Å²) in [5, 5.41) is 3.18. The van der Waals surface area contributed by atoms with Crippen LogP contribution >= 0.6 is 15.9 Å². The number of nitrogens with one attached hydrogen (secondary N) is 1. The molecule has 0 aliphatic heterocycles. The van der Waals surface area contributed by atoms with E-state index in [0.29, 0.717) is 40.2 Å². The maximum atomic E-state index is 6.01. The molecule has 0 saturated heterocycles. The fraction of sp³-hybridized carbons (Fsp3) is 0.238. The summed E-state index contributed by atoms with van der Waals surface area (Å²) in [6.07, 6.45) is 1.64. The maximum Gasteiger partial charge on any atom is 0.238 e. The van der Waals surface area contributed by atoms with Crippen LogP contribution in [0.3, 0.4) is 0 Å². The molecule has 0 amide bonds. The van der Waals surface area contributed by atoms with Crippen LogP contribution in [0.4, 0.5) is 11.6 Å². The number of hydrogen-bond donors (Lipinski definition) is 1. The number of hydrogen-bond acceptors (Lipinski definition) is 7. The first kappa shape index (κ1) is 20.9. The minimum Gasteiger partial charge on any atom is -0.493 e. The van der Waals surface area contributed by atoms with Gasteiger partial charge >= 0.3 is 0 Å². The number of nitrogens with zero attached hydrogens (tertiary/aromatic N) is 2. The van der Waals surface area contributed by atoms with Crippen molar-refractivity contribution in [1.29, 1.82) is 0 Å². The van der Waals surface area contributed by atoms with Gasteiger partial charge in [-0.3, -0.25) is 0 Å². The van der Waals surface area contributed by atoms with E-state index in [2.05, 4.69) is 31.2 Å². The second-order valence-corrected chi connectivity index (χ2v) is 7.00. The van der Waals surface area contributed by atoms with Crippen molar-refractivity contribution in [3.05, 3.63) is 58.2 Å². The van der Waals surface area contributed by atoms with Crippen LogP contribution in [0.25, 0.3) is 0 Å². The van der Waals surface area contributed by atoms with Crippen LogP contribution in [0.1, 0.15) is 11.1 Å². The van der Waals surface area contributed by atoms with Gasteiger partial charge in [-0.05, 0) is 40.5 Å². The van der Waals surface area contributed by atoms with E-state index in [0.717, 1.165) is 16.8 Å². The Hall–Kier alpha value is -2.84. The third-order valence-electron chi connectivity index (χ3n) is 4.11. The number of halogens is 1. The van der Waals surface area contributed by atoms with Crippen LogP contribution in [-0.4, -0.2) is 31.3 Å². The highest BCUT2D eigenvalue weighted by molar-refractivity contribution is 9.10. The average molecular weight is 460 g/mol. The van der Waals surface area contributed by atoms with E-state index in [4.69, 9.17) is 18.9 Å². The maximum absolute atomic E-state index is 6.01. The van der Waals surface area contributed by atoms with Crippen molar-refractivity contribution in [2.75, 3.05) is 26.6 Å². The van der Waals surface area contributed by atoms with Crippen molar-refractivity contribution in [3.63, 3.8) is 0 Å². The number of anilines is 2. The lowest BCUT2D eigenvalue weighted by molar-refractivity contribution is 0.182. The molecule has 0 bridgehead atoms. The molecule has 2 aromatic carbocycles. The summed E-state index contributed by atoms with van der Waals surface area (Å²) in [7, 11) is 4.85. The van der Waals surface area contributed by atoms with Crippen LogP contribution in [0.5, 0.6) is 23.1 Å². The Morgan fingerprint density at radius 2 is 1.83 bits per heavy atom. The van der Waals surface area contributed by atoms with Gasteiger partial charge in [-0.1, -0.05) is 18.2 Å². The first-order valence-corrected chi connectivity index (χ1v) is 9.62. The molecule has 1 aromatic heterocycles. The second-order valence-electron chi connectivity index (χ2n) is 6.14. The van der Waals surface area contributed by atoms with E-state index in [1.165, 1.54) is 0 Å². The lowest BCUT2D eigenvalue weighted by Gasteiger charge is -2.14. The van der Waals surface area contributed by atoms with Gasteiger partial charge in [-0.15, -0.1) is 0 Å². The molecule has 3 aromatic rings. The molecule has 0 atom stereocenters. The zero-order valence-corrected chi connectivity index (χ0v) is 18.2. The molecular weight excluding hydrogens is 438 g/mol. The number of aromatic nitrogens is 2. The molecule has 7 nitrogen and oxygen atoms in total. The minimum atomic E-state index is 0.388. The number of ether oxygens (including phenoxy) is 4. The summed E-state index contributed by atoms with van der Waals surface area (Å²) in [5.41, 5.74) is 2.62. The molecule has 0 spiro atoms. The average Bonchev–Trinajstić information content (AvgIpc) is 2.71. The summed E-state index contributed by atoms with van der Waals surface area (Å²) in [6.45, 7) is 2.38. The first-order chi connectivity index (χ1) is 14.0. The van der Waals surface area contributed by atoms with Gasteiger partial charge in [0.2, 0.25) is 11.8 Å². The Balaban J connectivity index is 1.88. The molecule has 0 aliphatic carbocycles. The number of benzene rings is 2. The van der Waals surface area contributed by atoms with E-state index in [-0.39, 0.29) is 0 Å². The van der Waals surface area contributed by atoms with Gasteiger partial charge < -0.3 is 24.3 Å². The summed E-state index contributed by atoms with van der Waals surface area (Å²) in [6, 6.07) is 11.4. The third kappa shape index (κ3) is 4.96. The van der Waals surface area contributed by atoms with Crippen LogP contribution in [-0.2, 0) is 11.3 Å². The summed E-state index contributed by atoms with van der Waals surface area (Å²) >= 11 is 3.44. The molecule has 0 aliphatic rings. The minimum absolute atomic E-state index is 0.388. The van der Waals surface area contributed by atoms with E-state index >= 15 is 0 Å². The highest BCUT2D eigenvalue weighted by Crippen LogP contribution is 2.35. The van der Waals surface area contributed by atoms with E-state index < -0.39 is 0 Å². The molecule has 0 unspecified atom stereocenters. The third-order valence-corrected chi connectivity index (χ3v) is 4.66. The lowest BCUT2D eigenvalue weighted by Crippen LogP contribution is -2.02. The number of methoxy groups -OCH3 is 3. The van der Waals surface area contributed by atoms with Gasteiger partial charge in [0.1, 0.15) is 5.75 Å². The molecule has 0 saturated carbocycles. The smallest absolute Gasteiger partial charge is 0.238 e. The summed E-state index contributed by atoms with van der Waals surface area (Å²) < 4.78 is 22.7. The molecular formula is C21H22BrN3O4. The van der Waals surface area contributed by atoms with E-state index in [1.807, 2.05) is 43.3 Å². The highest BCUT2D eigenvalue weighted by Gasteiger charge is 2.13. The Bertz CT molecular complexity index is 998. The van der Waals surface area contributed by atoms with Crippen LogP contribution in [0, 0.1) is 6.92 Å². The highest BCUT2D eigenvalue weighted by atomic mass is 79.9. The fourth-order valence-corrected chi connectivity index (χ4v) is 3.09. The van der Waals surface area contributed by atoms with Gasteiger partial charge in [-0.2, -0.15) is 4.98 Å². The van der Waals surface area contributed by atoms with Crippen molar-refractivity contribution in [1.82, 2.24) is 9.97 Å². The molecule has 0 fully saturated rings. The zero-order chi connectivity index (χ0) is 20.8. The zero-order valence-electron chi connectivity index (χ0n) is 16.7. The van der Waals surface area contributed by atoms with Gasteiger partial charge in [0.05, 0.1) is 31.5 Å². The Kier molecular flexibility index (Phi) is 6.90. The quantitative estimate of drug-likeness (QED) is 0.492. The number of aryl methyl sites for hydroxylation is 1. The van der Waals surface area contributed by atoms with Crippen LogP contribution in [0.2, 0.25) is 0 Å². The predicted molar refractivity (Wildman–Crippen MR) is 115 cm³/mol. The molecule has 152 valence electrons.